The number of hydrogen-bond donors (Lipinski definition) is 1. The number of rotatable bonds is 4. The first kappa shape index (κ1) is 18.1. The molecule has 0 radical (unpaired) electrons. The highest BCUT2D eigenvalue weighted by molar-refractivity contribution is 5.89. The van der Waals surface area contributed by atoms with Crippen LogP contribution in [0.15, 0.2) is 18.3 Å². The van der Waals surface area contributed by atoms with E-state index in [9.17, 15) is 4.79 Å². The smallest absolute Gasteiger partial charge is 0.318 e. The van der Waals surface area contributed by atoms with E-state index in [0.29, 0.717) is 17.2 Å². The zero-order valence-corrected chi connectivity index (χ0v) is 17.3. The molecule has 2 aromatic heterocycles. The molecule has 2 spiro atoms. The third-order valence-corrected chi connectivity index (χ3v) is 6.87. The number of nitrogens with zero attached hydrogens (tertiary/aromatic N) is 4. The molecule has 4 aliphatic rings. The third kappa shape index (κ3) is 2.85. The second-order valence-electron chi connectivity index (χ2n) is 9.43. The van der Waals surface area contributed by atoms with E-state index in [-0.39, 0.29) is 17.4 Å². The lowest BCUT2D eigenvalue weighted by atomic mass is 9.65. The van der Waals surface area contributed by atoms with Crippen LogP contribution in [0.4, 0.5) is 17.3 Å². The number of anilines is 3. The van der Waals surface area contributed by atoms with Gasteiger partial charge in [0.05, 0.1) is 18.9 Å². The van der Waals surface area contributed by atoms with Crippen molar-refractivity contribution in [2.24, 2.45) is 5.41 Å². The largest absolute Gasteiger partial charge is 0.460 e. The van der Waals surface area contributed by atoms with Crippen molar-refractivity contribution >= 4 is 23.2 Å². The molecule has 6 rings (SSSR count). The van der Waals surface area contributed by atoms with E-state index >= 15 is 0 Å². The second-order valence-corrected chi connectivity index (χ2v) is 9.43. The normalized spacial score (nSPS) is 22.4. The van der Waals surface area contributed by atoms with Crippen molar-refractivity contribution in [3.05, 3.63) is 29.6 Å². The number of ether oxygens (including phenoxy) is 2. The summed E-state index contributed by atoms with van der Waals surface area (Å²) in [7, 11) is 0. The maximum Gasteiger partial charge on any atom is 0.318 e. The average molecular weight is 407 g/mol. The molecule has 8 heteroatoms. The first-order valence-electron chi connectivity index (χ1n) is 10.6. The van der Waals surface area contributed by atoms with Gasteiger partial charge >= 0.3 is 6.01 Å². The van der Waals surface area contributed by atoms with E-state index < -0.39 is 0 Å². The van der Waals surface area contributed by atoms with Gasteiger partial charge < -0.3 is 19.7 Å². The van der Waals surface area contributed by atoms with Gasteiger partial charge in [-0.2, -0.15) is 4.98 Å². The fraction of sp³-hybridized carbons (Fsp3) is 0.545. The van der Waals surface area contributed by atoms with E-state index in [0.717, 1.165) is 62.6 Å². The molecule has 2 aliphatic carbocycles. The maximum absolute atomic E-state index is 11.5. The van der Waals surface area contributed by atoms with Crippen molar-refractivity contribution in [1.29, 1.82) is 0 Å². The van der Waals surface area contributed by atoms with Gasteiger partial charge in [0.2, 0.25) is 5.91 Å². The fourth-order valence-electron chi connectivity index (χ4n) is 5.06. The van der Waals surface area contributed by atoms with Crippen LogP contribution in [-0.4, -0.2) is 46.7 Å². The minimum Gasteiger partial charge on any atom is -0.460 e. The van der Waals surface area contributed by atoms with Gasteiger partial charge in [0, 0.05) is 53.9 Å². The van der Waals surface area contributed by atoms with Gasteiger partial charge in [0.15, 0.2) is 0 Å². The standard InChI is InChI=1S/C22H25N5O3/c1-13-5-19(26-20(24-13)30-15-7-21(8-15)11-29-12-21)27-10-22(3-4-22)16-9-23-18(6-17(16)27)25-14(2)28/h5-6,9,15H,3-4,7-8,10-12H2,1-2H3,(H,23,25,28). The first-order chi connectivity index (χ1) is 14.4. The topological polar surface area (TPSA) is 89.5 Å². The Kier molecular flexibility index (Phi) is 3.69. The Morgan fingerprint density at radius 3 is 2.73 bits per heavy atom. The molecule has 3 fully saturated rings. The number of hydrogen-bond acceptors (Lipinski definition) is 7. The monoisotopic (exact) mass is 407 g/mol. The number of aryl methyl sites for hydroxylation is 1. The van der Waals surface area contributed by atoms with Crippen LogP contribution in [0.3, 0.4) is 0 Å². The van der Waals surface area contributed by atoms with E-state index in [4.69, 9.17) is 14.5 Å². The molecule has 1 saturated heterocycles. The molecule has 2 aliphatic heterocycles. The molecule has 4 heterocycles. The molecule has 2 saturated carbocycles. The van der Waals surface area contributed by atoms with Crippen molar-refractivity contribution in [1.82, 2.24) is 15.0 Å². The summed E-state index contributed by atoms with van der Waals surface area (Å²) in [6.07, 6.45) is 6.41. The lowest BCUT2D eigenvalue weighted by Gasteiger charge is -2.52. The Morgan fingerprint density at radius 1 is 1.27 bits per heavy atom. The van der Waals surface area contributed by atoms with Gasteiger partial charge in [-0.15, -0.1) is 0 Å². The quantitative estimate of drug-likeness (QED) is 0.833. The molecule has 8 nitrogen and oxygen atoms in total. The van der Waals surface area contributed by atoms with E-state index in [1.54, 1.807) is 0 Å². The molecule has 1 N–H and O–H groups in total. The molecule has 0 atom stereocenters. The number of pyridine rings is 1. The van der Waals surface area contributed by atoms with Crippen LogP contribution in [0, 0.1) is 12.3 Å². The van der Waals surface area contributed by atoms with Crippen LogP contribution in [0.1, 0.15) is 43.9 Å². The highest BCUT2D eigenvalue weighted by Gasteiger charge is 2.53. The number of aromatic nitrogens is 3. The third-order valence-electron chi connectivity index (χ3n) is 6.87. The van der Waals surface area contributed by atoms with Gasteiger partial charge in [0.1, 0.15) is 17.7 Å². The summed E-state index contributed by atoms with van der Waals surface area (Å²) in [5.74, 6) is 1.27. The Hall–Kier alpha value is -2.74. The highest BCUT2D eigenvalue weighted by Crippen LogP contribution is 2.58. The molecular formula is C22H25N5O3. The molecule has 0 aromatic carbocycles. The maximum atomic E-state index is 11.5. The van der Waals surface area contributed by atoms with Crippen molar-refractivity contribution in [3.63, 3.8) is 0 Å². The molecule has 0 bridgehead atoms. The summed E-state index contributed by atoms with van der Waals surface area (Å²) >= 11 is 0. The predicted octanol–water partition coefficient (Wildman–Crippen LogP) is 2.88. The first-order valence-corrected chi connectivity index (χ1v) is 10.6. The van der Waals surface area contributed by atoms with Crippen LogP contribution in [0.2, 0.25) is 0 Å². The number of amides is 1. The number of carbonyl (C=O) groups excluding carboxylic acids is 1. The van der Waals surface area contributed by atoms with Crippen molar-refractivity contribution < 1.29 is 14.3 Å². The molecule has 2 aromatic rings. The van der Waals surface area contributed by atoms with Gasteiger partial charge in [-0.3, -0.25) is 4.79 Å². The van der Waals surface area contributed by atoms with Crippen molar-refractivity contribution in [2.75, 3.05) is 30.0 Å². The van der Waals surface area contributed by atoms with E-state index in [2.05, 4.69) is 20.2 Å². The Labute approximate surface area is 175 Å². The minimum absolute atomic E-state index is 0.128. The lowest BCUT2D eigenvalue weighted by Crippen LogP contribution is -2.56. The Bertz CT molecular complexity index is 1040. The second kappa shape index (κ2) is 6.14. The summed E-state index contributed by atoms with van der Waals surface area (Å²) in [6, 6.07) is 4.40. The number of nitrogens with one attached hydrogen (secondary N) is 1. The summed E-state index contributed by atoms with van der Waals surface area (Å²) in [5, 5.41) is 2.79. The SMILES string of the molecule is CC(=O)Nc1cc2c(cn1)C1(CC1)CN2c1cc(C)nc(OC2CC3(COC3)C2)n1. The van der Waals surface area contributed by atoms with Gasteiger partial charge in [-0.25, -0.2) is 9.97 Å². The van der Waals surface area contributed by atoms with E-state index in [1.165, 1.54) is 12.5 Å². The highest BCUT2D eigenvalue weighted by atomic mass is 16.5. The summed E-state index contributed by atoms with van der Waals surface area (Å²) < 4.78 is 11.5. The fourth-order valence-corrected chi connectivity index (χ4v) is 5.06. The van der Waals surface area contributed by atoms with Gasteiger partial charge in [-0.05, 0) is 32.6 Å². The minimum atomic E-state index is -0.128. The lowest BCUT2D eigenvalue weighted by molar-refractivity contribution is -0.192. The zero-order valence-electron chi connectivity index (χ0n) is 17.3. The van der Waals surface area contributed by atoms with Crippen LogP contribution in [0.5, 0.6) is 6.01 Å². The summed E-state index contributed by atoms with van der Waals surface area (Å²) in [4.78, 5) is 27.5. The predicted molar refractivity (Wildman–Crippen MR) is 110 cm³/mol. The Balaban J connectivity index is 1.29. The van der Waals surface area contributed by atoms with Crippen LogP contribution in [0.25, 0.3) is 0 Å². The van der Waals surface area contributed by atoms with Crippen LogP contribution in [-0.2, 0) is 14.9 Å². The number of carbonyl (C=O) groups is 1. The van der Waals surface area contributed by atoms with Crippen LogP contribution >= 0.6 is 0 Å². The van der Waals surface area contributed by atoms with Crippen LogP contribution < -0.4 is 15.0 Å². The van der Waals surface area contributed by atoms with Crippen molar-refractivity contribution in [2.45, 2.75) is 51.0 Å². The number of fused-ring (bicyclic) bond motifs is 2. The van der Waals surface area contributed by atoms with Crippen molar-refractivity contribution in [3.8, 4) is 6.01 Å². The average Bonchev–Trinajstić information content (AvgIpc) is 3.33. The molecule has 0 unspecified atom stereocenters. The van der Waals surface area contributed by atoms with E-state index in [1.807, 2.05) is 25.3 Å². The molecule has 156 valence electrons. The Morgan fingerprint density at radius 2 is 2.07 bits per heavy atom. The molecular weight excluding hydrogens is 382 g/mol. The van der Waals surface area contributed by atoms with Gasteiger partial charge in [0.25, 0.3) is 0 Å². The van der Waals surface area contributed by atoms with Gasteiger partial charge in [-0.1, -0.05) is 0 Å². The molecule has 1 amide bonds. The summed E-state index contributed by atoms with van der Waals surface area (Å²) in [6.45, 7) is 6.04. The zero-order chi connectivity index (χ0) is 20.5. The molecule has 30 heavy (non-hydrogen) atoms. The summed E-state index contributed by atoms with van der Waals surface area (Å²) in [5.41, 5.74) is 3.68.